The Hall–Kier alpha value is -2.57. The maximum atomic E-state index is 11.2. The molecule has 0 amide bonds. The lowest BCUT2D eigenvalue weighted by Crippen LogP contribution is -2.30. The van der Waals surface area contributed by atoms with Gasteiger partial charge in [-0.25, -0.2) is 0 Å². The number of hydrogen-bond acceptors (Lipinski definition) is 6. The number of benzene rings is 1. The number of fused-ring (bicyclic) bond motifs is 1. The predicted octanol–water partition coefficient (Wildman–Crippen LogP) is 1.04. The fraction of sp³-hybridized carbons (Fsp3) is 0.400. The van der Waals surface area contributed by atoms with Crippen LogP contribution < -0.4 is 11.5 Å². The van der Waals surface area contributed by atoms with E-state index in [9.17, 15) is 14.4 Å². The second-order valence-corrected chi connectivity index (χ2v) is 5.47. The van der Waals surface area contributed by atoms with Crippen LogP contribution in [-0.2, 0) is 19.1 Å². The lowest BCUT2D eigenvalue weighted by atomic mass is 9.75. The van der Waals surface area contributed by atoms with E-state index in [0.29, 0.717) is 12.8 Å². The number of nitrogens with two attached hydrogens (primary N) is 2. The van der Waals surface area contributed by atoms with Crippen molar-refractivity contribution >= 4 is 29.3 Å². The number of aliphatic carboxylic acids is 1. The number of esters is 2. The average Bonchev–Trinajstić information content (AvgIpc) is 2.77. The number of hydrogen-bond donors (Lipinski definition) is 3. The van der Waals surface area contributed by atoms with E-state index in [1.807, 2.05) is 0 Å². The van der Waals surface area contributed by atoms with Gasteiger partial charge in [0.25, 0.3) is 0 Å². The third kappa shape index (κ3) is 3.55. The number of nitrogen functional groups attached to an aromatic ring is 2. The van der Waals surface area contributed by atoms with E-state index in [2.05, 4.69) is 4.74 Å². The van der Waals surface area contributed by atoms with Crippen LogP contribution in [0.4, 0.5) is 11.4 Å². The molecule has 1 saturated carbocycles. The zero-order chi connectivity index (χ0) is 16.3. The molecule has 1 heterocycles. The maximum Gasteiger partial charge on any atom is 0.317 e. The van der Waals surface area contributed by atoms with Gasteiger partial charge in [-0.15, -0.1) is 0 Å². The number of carboxylic acid groups (broad SMARTS) is 1. The van der Waals surface area contributed by atoms with Crippen molar-refractivity contribution in [2.75, 3.05) is 11.5 Å². The zero-order valence-electron chi connectivity index (χ0n) is 11.9. The van der Waals surface area contributed by atoms with Gasteiger partial charge in [0.05, 0.1) is 17.8 Å². The van der Waals surface area contributed by atoms with Crippen molar-refractivity contribution in [3.8, 4) is 0 Å². The van der Waals surface area contributed by atoms with Gasteiger partial charge >= 0.3 is 17.9 Å². The van der Waals surface area contributed by atoms with E-state index in [-0.39, 0.29) is 6.42 Å². The van der Waals surface area contributed by atoms with Crippen molar-refractivity contribution < 1.29 is 24.2 Å². The van der Waals surface area contributed by atoms with E-state index >= 15 is 0 Å². The Labute approximate surface area is 127 Å². The quantitative estimate of drug-likeness (QED) is 0.401. The molecule has 118 valence electrons. The van der Waals surface area contributed by atoms with E-state index in [4.69, 9.17) is 16.6 Å². The second-order valence-electron chi connectivity index (χ2n) is 5.47. The minimum atomic E-state index is -0.893. The molecule has 1 aliphatic carbocycles. The van der Waals surface area contributed by atoms with Crippen LogP contribution in [0.2, 0.25) is 0 Å². The minimum absolute atomic E-state index is 0.241. The first-order valence-electron chi connectivity index (χ1n) is 6.98. The number of ether oxygens (including phenoxy) is 1. The third-order valence-corrected chi connectivity index (χ3v) is 3.94. The fourth-order valence-corrected chi connectivity index (χ4v) is 2.68. The highest BCUT2D eigenvalue weighted by Crippen LogP contribution is 2.39. The Kier molecular flexibility index (Phi) is 4.65. The van der Waals surface area contributed by atoms with Gasteiger partial charge in [-0.3, -0.25) is 14.4 Å². The average molecular weight is 306 g/mol. The third-order valence-electron chi connectivity index (χ3n) is 3.94. The van der Waals surface area contributed by atoms with Gasteiger partial charge in [-0.05, 0) is 43.5 Å². The lowest BCUT2D eigenvalue weighted by molar-refractivity contribution is -0.153. The molecule has 7 heteroatoms. The molecule has 3 unspecified atom stereocenters. The molecule has 22 heavy (non-hydrogen) atoms. The molecule has 1 aromatic rings. The van der Waals surface area contributed by atoms with E-state index in [1.54, 1.807) is 24.3 Å². The largest absolute Gasteiger partial charge is 0.481 e. The number of carbonyl (C=O) groups is 3. The monoisotopic (exact) mass is 306 g/mol. The summed E-state index contributed by atoms with van der Waals surface area (Å²) in [6, 6.07) is 7.09. The number of carboxylic acids is 1. The van der Waals surface area contributed by atoms with Crippen LogP contribution in [0.1, 0.15) is 19.3 Å². The Balaban J connectivity index is 0.000000188. The van der Waals surface area contributed by atoms with E-state index in [0.717, 1.165) is 11.4 Å². The van der Waals surface area contributed by atoms with Gasteiger partial charge in [0.15, 0.2) is 0 Å². The molecule has 0 spiro atoms. The Morgan fingerprint density at radius 1 is 1.00 bits per heavy atom. The molecule has 0 radical (unpaired) electrons. The van der Waals surface area contributed by atoms with Gasteiger partial charge in [-0.2, -0.15) is 0 Å². The van der Waals surface area contributed by atoms with Crippen molar-refractivity contribution in [2.45, 2.75) is 19.3 Å². The Morgan fingerprint density at radius 2 is 1.50 bits per heavy atom. The molecule has 3 atom stereocenters. The van der Waals surface area contributed by atoms with Gasteiger partial charge in [0, 0.05) is 11.4 Å². The number of rotatable bonds is 1. The highest BCUT2D eigenvalue weighted by atomic mass is 16.6. The van der Waals surface area contributed by atoms with Gasteiger partial charge < -0.3 is 21.3 Å². The standard InChI is InChI=1S/C9H10O5.C6H8N2/c10-7(11)4-1-2-5-6(3-4)9(13)14-8(5)12;7-5-1-2-6(8)4-3-5/h4-6H,1-3H2,(H,10,11);1-4H,7-8H2. The second kappa shape index (κ2) is 6.46. The molecular formula is C15H18N2O5. The van der Waals surface area contributed by atoms with Crippen molar-refractivity contribution in [2.24, 2.45) is 17.8 Å². The molecule has 1 aliphatic heterocycles. The van der Waals surface area contributed by atoms with Gasteiger partial charge in [-0.1, -0.05) is 0 Å². The van der Waals surface area contributed by atoms with E-state index < -0.39 is 35.7 Å². The molecule has 0 aromatic heterocycles. The van der Waals surface area contributed by atoms with Crippen LogP contribution in [0.5, 0.6) is 0 Å². The van der Waals surface area contributed by atoms with Crippen LogP contribution in [0.15, 0.2) is 24.3 Å². The summed E-state index contributed by atoms with van der Waals surface area (Å²) in [5.74, 6) is -3.34. The summed E-state index contributed by atoms with van der Waals surface area (Å²) in [4.78, 5) is 33.0. The predicted molar refractivity (Wildman–Crippen MR) is 78.3 cm³/mol. The molecule has 3 rings (SSSR count). The van der Waals surface area contributed by atoms with Crippen LogP contribution in [0.3, 0.4) is 0 Å². The molecule has 2 aliphatic rings. The van der Waals surface area contributed by atoms with Gasteiger partial charge in [0.2, 0.25) is 0 Å². The van der Waals surface area contributed by atoms with Crippen molar-refractivity contribution in [3.63, 3.8) is 0 Å². The molecule has 2 fully saturated rings. The number of anilines is 2. The highest BCUT2D eigenvalue weighted by molar-refractivity contribution is 5.97. The first-order valence-corrected chi connectivity index (χ1v) is 6.98. The van der Waals surface area contributed by atoms with Gasteiger partial charge in [0.1, 0.15) is 0 Å². The van der Waals surface area contributed by atoms with Crippen LogP contribution in [0.25, 0.3) is 0 Å². The number of carbonyl (C=O) groups excluding carboxylic acids is 2. The topological polar surface area (TPSA) is 133 Å². The summed E-state index contributed by atoms with van der Waals surface area (Å²) >= 11 is 0. The van der Waals surface area contributed by atoms with Crippen LogP contribution >= 0.6 is 0 Å². The summed E-state index contributed by atoms with van der Waals surface area (Å²) in [6.45, 7) is 0. The summed E-state index contributed by atoms with van der Waals surface area (Å²) in [6.07, 6.45) is 1.15. The Morgan fingerprint density at radius 3 is 2.00 bits per heavy atom. The van der Waals surface area contributed by atoms with Crippen molar-refractivity contribution in [3.05, 3.63) is 24.3 Å². The maximum absolute atomic E-state index is 11.2. The van der Waals surface area contributed by atoms with Crippen molar-refractivity contribution in [1.29, 1.82) is 0 Å². The number of cyclic esters (lactones) is 2. The van der Waals surface area contributed by atoms with E-state index in [1.165, 1.54) is 0 Å². The molecule has 1 aromatic carbocycles. The van der Waals surface area contributed by atoms with Crippen LogP contribution in [-0.4, -0.2) is 23.0 Å². The summed E-state index contributed by atoms with van der Waals surface area (Å²) in [7, 11) is 0. The highest BCUT2D eigenvalue weighted by Gasteiger charge is 2.48. The smallest absolute Gasteiger partial charge is 0.317 e. The fourth-order valence-electron chi connectivity index (χ4n) is 2.68. The minimum Gasteiger partial charge on any atom is -0.481 e. The summed E-state index contributed by atoms with van der Waals surface area (Å²) < 4.78 is 4.47. The first kappa shape index (κ1) is 15.8. The SMILES string of the molecule is Nc1ccc(N)cc1.O=C(O)C1CCC2C(=O)OC(=O)C2C1. The van der Waals surface area contributed by atoms with Crippen molar-refractivity contribution in [1.82, 2.24) is 0 Å². The summed E-state index contributed by atoms with van der Waals surface area (Å²) in [5, 5.41) is 8.77. The van der Waals surface area contributed by atoms with Crippen LogP contribution in [0, 0.1) is 17.8 Å². The molecule has 7 nitrogen and oxygen atoms in total. The lowest BCUT2D eigenvalue weighted by Gasteiger charge is -2.24. The molecular weight excluding hydrogens is 288 g/mol. The normalized spacial score (nSPS) is 26.5. The summed E-state index contributed by atoms with van der Waals surface area (Å²) in [5.41, 5.74) is 12.2. The first-order chi connectivity index (χ1) is 10.4. The zero-order valence-corrected chi connectivity index (χ0v) is 11.9. The molecule has 0 bridgehead atoms. The molecule has 1 saturated heterocycles. The Bertz CT molecular complexity index is 563. The molecule has 5 N–H and O–H groups in total.